The zero-order chi connectivity index (χ0) is 27.0. The molecule has 0 saturated carbocycles. The summed E-state index contributed by atoms with van der Waals surface area (Å²) in [5, 5.41) is 3.57. The lowest BCUT2D eigenvalue weighted by molar-refractivity contribution is -0.124. The van der Waals surface area contributed by atoms with E-state index in [0.29, 0.717) is 12.0 Å². The molecule has 38 heavy (non-hydrogen) atoms. The van der Waals surface area contributed by atoms with Crippen LogP contribution < -0.4 is 15.1 Å². The molecule has 1 amide bonds. The van der Waals surface area contributed by atoms with Gasteiger partial charge in [-0.25, -0.2) is 0 Å². The van der Waals surface area contributed by atoms with E-state index in [1.54, 1.807) is 0 Å². The van der Waals surface area contributed by atoms with Crippen LogP contribution in [0.15, 0.2) is 89.0 Å². The maximum atomic E-state index is 14.3. The fourth-order valence-electron chi connectivity index (χ4n) is 5.78. The Morgan fingerprint density at radius 2 is 1.66 bits per heavy atom. The number of para-hydroxylation sites is 2. The minimum Gasteiger partial charge on any atom is -0.372 e. The smallest absolute Gasteiger partial charge is 0.258 e. The fraction of sp³-hybridized carbons (Fsp3) is 0.312. The average molecular weight is 573 g/mol. The predicted molar refractivity (Wildman–Crippen MR) is 159 cm³/mol. The first-order valence-corrected chi connectivity index (χ1v) is 14.1. The zero-order valence-corrected chi connectivity index (χ0v) is 24.0. The molecule has 2 atom stereocenters. The minimum atomic E-state index is -0.505. The highest BCUT2D eigenvalue weighted by molar-refractivity contribution is 9.10. The number of anilines is 3. The summed E-state index contributed by atoms with van der Waals surface area (Å²) in [6, 6.07) is 23.1. The molecule has 196 valence electrons. The number of benzene rings is 3. The number of rotatable bonds is 5. The fourth-order valence-corrected chi connectivity index (χ4v) is 6.04. The first-order chi connectivity index (χ1) is 18.2. The van der Waals surface area contributed by atoms with E-state index in [4.69, 9.17) is 0 Å². The highest BCUT2D eigenvalue weighted by Crippen LogP contribution is 2.49. The number of Topliss-reactive ketones (excluding diaryl/α,β-unsaturated/α-hetero) is 1. The summed E-state index contributed by atoms with van der Waals surface area (Å²) >= 11 is 3.48. The van der Waals surface area contributed by atoms with Crippen molar-refractivity contribution in [2.24, 2.45) is 11.3 Å². The van der Waals surface area contributed by atoms with Crippen LogP contribution in [0.1, 0.15) is 56.1 Å². The normalized spacial score (nSPS) is 20.0. The SMILES string of the molecule is CCN(CC)c1ccc([C@H]2[C@@H]3C(=O)CC(C)(C)C=C3Nc3ccccc3N2C(=O)c2ccc(Br)cc2)cc1. The highest BCUT2D eigenvalue weighted by atomic mass is 79.9. The van der Waals surface area contributed by atoms with Gasteiger partial charge < -0.3 is 10.2 Å². The van der Waals surface area contributed by atoms with Crippen LogP contribution in [-0.4, -0.2) is 24.8 Å². The number of fused-ring (bicyclic) bond motifs is 2. The number of nitrogens with one attached hydrogen (secondary N) is 1. The second kappa shape index (κ2) is 10.4. The lowest BCUT2D eigenvalue weighted by atomic mass is 9.72. The number of nitrogens with zero attached hydrogens (tertiary/aromatic N) is 2. The first-order valence-electron chi connectivity index (χ1n) is 13.3. The van der Waals surface area contributed by atoms with Gasteiger partial charge in [0.2, 0.25) is 0 Å². The van der Waals surface area contributed by atoms with Gasteiger partial charge in [-0.2, -0.15) is 0 Å². The molecule has 0 fully saturated rings. The molecule has 1 aliphatic heterocycles. The van der Waals surface area contributed by atoms with Crippen LogP contribution in [0.5, 0.6) is 0 Å². The van der Waals surface area contributed by atoms with Gasteiger partial charge in [0.15, 0.2) is 0 Å². The largest absolute Gasteiger partial charge is 0.372 e. The molecule has 0 radical (unpaired) electrons. The quantitative estimate of drug-likeness (QED) is 0.342. The van der Waals surface area contributed by atoms with Gasteiger partial charge in [-0.15, -0.1) is 0 Å². The van der Waals surface area contributed by atoms with Crippen LogP contribution in [-0.2, 0) is 4.79 Å². The number of allylic oxidation sites excluding steroid dienone is 1. The minimum absolute atomic E-state index is 0.136. The molecule has 0 spiro atoms. The van der Waals surface area contributed by atoms with Crippen LogP contribution in [0, 0.1) is 11.3 Å². The maximum absolute atomic E-state index is 14.3. The van der Waals surface area contributed by atoms with Crippen molar-refractivity contribution in [2.75, 3.05) is 28.2 Å². The van der Waals surface area contributed by atoms with Crippen molar-refractivity contribution >= 4 is 44.7 Å². The van der Waals surface area contributed by atoms with E-state index in [0.717, 1.165) is 45.9 Å². The predicted octanol–water partition coefficient (Wildman–Crippen LogP) is 7.61. The number of carbonyl (C=O) groups excluding carboxylic acids is 2. The Hall–Kier alpha value is -3.38. The molecule has 0 unspecified atom stereocenters. The number of halogens is 1. The van der Waals surface area contributed by atoms with E-state index in [9.17, 15) is 9.59 Å². The van der Waals surface area contributed by atoms with Crippen molar-refractivity contribution in [1.82, 2.24) is 0 Å². The average Bonchev–Trinajstić information content (AvgIpc) is 3.03. The lowest BCUT2D eigenvalue weighted by Crippen LogP contribution is -2.43. The van der Waals surface area contributed by atoms with Gasteiger partial charge in [0.1, 0.15) is 5.78 Å². The summed E-state index contributed by atoms with van der Waals surface area (Å²) < 4.78 is 0.908. The van der Waals surface area contributed by atoms with E-state index in [2.05, 4.69) is 84.2 Å². The molecule has 0 saturated heterocycles. The van der Waals surface area contributed by atoms with Crippen LogP contribution in [0.3, 0.4) is 0 Å². The Labute approximate surface area is 233 Å². The molecule has 1 N–H and O–H groups in total. The van der Waals surface area contributed by atoms with Crippen molar-refractivity contribution in [3.05, 3.63) is 100 Å². The highest BCUT2D eigenvalue weighted by Gasteiger charge is 2.46. The molecule has 3 aromatic carbocycles. The number of ketones is 1. The van der Waals surface area contributed by atoms with E-state index < -0.39 is 12.0 Å². The Balaban J connectivity index is 1.73. The van der Waals surface area contributed by atoms with Crippen LogP contribution in [0.2, 0.25) is 0 Å². The maximum Gasteiger partial charge on any atom is 0.258 e. The summed E-state index contributed by atoms with van der Waals surface area (Å²) in [6.07, 6.45) is 2.61. The van der Waals surface area contributed by atoms with Gasteiger partial charge in [0, 0.05) is 40.9 Å². The van der Waals surface area contributed by atoms with Gasteiger partial charge in [-0.05, 0) is 73.4 Å². The summed E-state index contributed by atoms with van der Waals surface area (Å²) in [4.78, 5) is 32.4. The molecular weight excluding hydrogens is 538 g/mol. The summed E-state index contributed by atoms with van der Waals surface area (Å²) in [6.45, 7) is 10.3. The number of hydrogen-bond acceptors (Lipinski definition) is 4. The molecule has 3 aromatic rings. The number of amides is 1. The van der Waals surface area contributed by atoms with Crippen molar-refractivity contribution < 1.29 is 9.59 Å². The zero-order valence-electron chi connectivity index (χ0n) is 22.4. The lowest BCUT2D eigenvalue weighted by Gasteiger charge is -2.39. The van der Waals surface area contributed by atoms with Gasteiger partial charge in [-0.3, -0.25) is 14.5 Å². The van der Waals surface area contributed by atoms with Crippen molar-refractivity contribution in [3.63, 3.8) is 0 Å². The third-order valence-electron chi connectivity index (χ3n) is 7.57. The molecule has 5 nitrogen and oxygen atoms in total. The Kier molecular flexibility index (Phi) is 7.19. The monoisotopic (exact) mass is 571 g/mol. The summed E-state index contributed by atoms with van der Waals surface area (Å²) in [5.74, 6) is -0.503. The van der Waals surface area contributed by atoms with E-state index in [1.807, 2.05) is 53.4 Å². The molecule has 1 aliphatic carbocycles. The van der Waals surface area contributed by atoms with Crippen LogP contribution in [0.4, 0.5) is 17.1 Å². The molecule has 6 heteroatoms. The van der Waals surface area contributed by atoms with E-state index in [-0.39, 0.29) is 17.1 Å². The molecule has 2 aliphatic rings. The topological polar surface area (TPSA) is 52.7 Å². The standard InChI is InChI=1S/C32H34BrN3O2/c1-5-35(6-2)24-17-13-21(14-18-24)30-29-26(19-32(3,4)20-28(29)37)34-25-9-7-8-10-27(25)36(30)31(38)22-11-15-23(33)16-12-22/h7-19,29-30,34H,5-6,20H2,1-4H3/t29-,30-/m0/s1. The number of hydrogen-bond donors (Lipinski definition) is 1. The molecule has 1 heterocycles. The first kappa shape index (κ1) is 26.2. The van der Waals surface area contributed by atoms with Gasteiger partial charge in [-0.1, -0.05) is 60.1 Å². The Morgan fingerprint density at radius 1 is 1.00 bits per heavy atom. The second-order valence-electron chi connectivity index (χ2n) is 10.7. The van der Waals surface area contributed by atoms with Crippen molar-refractivity contribution in [1.29, 1.82) is 0 Å². The number of carbonyl (C=O) groups is 2. The van der Waals surface area contributed by atoms with Gasteiger partial charge in [0.05, 0.1) is 23.3 Å². The third-order valence-corrected chi connectivity index (χ3v) is 8.10. The van der Waals surface area contributed by atoms with E-state index in [1.165, 1.54) is 0 Å². The Bertz CT molecular complexity index is 1370. The van der Waals surface area contributed by atoms with Gasteiger partial charge >= 0.3 is 0 Å². The van der Waals surface area contributed by atoms with Gasteiger partial charge in [0.25, 0.3) is 5.91 Å². The molecule has 0 aromatic heterocycles. The van der Waals surface area contributed by atoms with Crippen molar-refractivity contribution in [3.8, 4) is 0 Å². The molecule has 0 bridgehead atoms. The third kappa shape index (κ3) is 4.90. The summed E-state index contributed by atoms with van der Waals surface area (Å²) in [7, 11) is 0. The van der Waals surface area contributed by atoms with Crippen LogP contribution in [0.25, 0.3) is 0 Å². The Morgan fingerprint density at radius 3 is 2.32 bits per heavy atom. The molecule has 5 rings (SSSR count). The van der Waals surface area contributed by atoms with Crippen molar-refractivity contribution in [2.45, 2.75) is 40.2 Å². The summed E-state index contributed by atoms with van der Waals surface area (Å²) in [5.41, 5.74) is 4.82. The second-order valence-corrected chi connectivity index (χ2v) is 11.7. The van der Waals surface area contributed by atoms with E-state index >= 15 is 0 Å². The van der Waals surface area contributed by atoms with Crippen LogP contribution >= 0.6 is 15.9 Å². The molecular formula is C32H34BrN3O2.